The second kappa shape index (κ2) is 7.32. The van der Waals surface area contributed by atoms with Gasteiger partial charge in [0.05, 0.1) is 18.5 Å². The van der Waals surface area contributed by atoms with Gasteiger partial charge in [-0.15, -0.1) is 0 Å². The van der Waals surface area contributed by atoms with E-state index in [2.05, 4.69) is 10.3 Å². The third-order valence-electron chi connectivity index (χ3n) is 4.26. The molecule has 2 aromatic rings. The first-order valence-corrected chi connectivity index (χ1v) is 9.92. The van der Waals surface area contributed by atoms with Crippen LogP contribution in [0.1, 0.15) is 29.2 Å². The van der Waals surface area contributed by atoms with Gasteiger partial charge in [0, 0.05) is 11.4 Å². The number of fused-ring (bicyclic) bond motifs is 1. The van der Waals surface area contributed by atoms with E-state index in [-0.39, 0.29) is 11.0 Å². The number of nitrogens with zero attached hydrogens (tertiary/aromatic N) is 2. The van der Waals surface area contributed by atoms with Crippen molar-refractivity contribution in [1.29, 1.82) is 0 Å². The molecule has 1 aliphatic heterocycles. The average molecular weight is 406 g/mol. The molecule has 1 unspecified atom stereocenters. The summed E-state index contributed by atoms with van der Waals surface area (Å²) in [7, 11) is 1.29. The number of ether oxygens (including phenoxy) is 1. The van der Waals surface area contributed by atoms with Gasteiger partial charge in [-0.3, -0.25) is 9.59 Å². The van der Waals surface area contributed by atoms with Gasteiger partial charge in [-0.05, 0) is 32.9 Å². The van der Waals surface area contributed by atoms with E-state index in [0.717, 1.165) is 21.9 Å². The molecule has 142 valence electrons. The summed E-state index contributed by atoms with van der Waals surface area (Å²) < 4.78 is 3.37. The Balaban J connectivity index is 1.90. The van der Waals surface area contributed by atoms with Gasteiger partial charge in [0.1, 0.15) is 4.88 Å². The van der Waals surface area contributed by atoms with Gasteiger partial charge in [-0.2, -0.15) is 0 Å². The highest BCUT2D eigenvalue weighted by Gasteiger charge is 2.49. The lowest BCUT2D eigenvalue weighted by Crippen LogP contribution is -2.54. The third kappa shape index (κ3) is 3.32. The second-order valence-electron chi connectivity index (χ2n) is 6.03. The number of nitrogens with one attached hydrogen (secondary N) is 1. The molecule has 1 atom stereocenters. The Bertz CT molecular complexity index is 927. The van der Waals surface area contributed by atoms with Crippen LogP contribution in [0, 0.1) is 6.92 Å². The quantitative estimate of drug-likeness (QED) is 0.621. The van der Waals surface area contributed by atoms with Crippen LogP contribution in [0.25, 0.3) is 0 Å². The maximum Gasteiger partial charge on any atom is 0.350 e. The number of hydrogen-bond acceptors (Lipinski definition) is 7. The van der Waals surface area contributed by atoms with Crippen molar-refractivity contribution in [2.45, 2.75) is 30.4 Å². The SMILES string of the molecule is CCN1C(=O)C(C)(C(=O)Nc2nc(C)c(C(=O)OC)s2)Sc2ccccc21. The Hall–Kier alpha value is -2.39. The first kappa shape index (κ1) is 19.4. The van der Waals surface area contributed by atoms with Crippen LogP contribution in [0.15, 0.2) is 29.2 Å². The van der Waals surface area contributed by atoms with E-state index in [1.807, 2.05) is 31.2 Å². The van der Waals surface area contributed by atoms with E-state index in [1.165, 1.54) is 18.9 Å². The molecular formula is C18H19N3O4S2. The van der Waals surface area contributed by atoms with Crippen LogP contribution in [0.4, 0.5) is 10.8 Å². The number of esters is 1. The summed E-state index contributed by atoms with van der Waals surface area (Å²) in [5, 5.41) is 2.95. The molecule has 0 spiro atoms. The summed E-state index contributed by atoms with van der Waals surface area (Å²) in [4.78, 5) is 44.8. The molecule has 2 amide bonds. The van der Waals surface area contributed by atoms with E-state index in [9.17, 15) is 14.4 Å². The van der Waals surface area contributed by atoms with Gasteiger partial charge in [0.15, 0.2) is 9.88 Å². The first-order chi connectivity index (χ1) is 12.8. The Morgan fingerprint density at radius 2 is 2.04 bits per heavy atom. The van der Waals surface area contributed by atoms with Crippen molar-refractivity contribution in [3.05, 3.63) is 34.8 Å². The number of anilines is 2. The number of carbonyl (C=O) groups excluding carboxylic acids is 3. The van der Waals surface area contributed by atoms with Crippen LogP contribution in [0.5, 0.6) is 0 Å². The summed E-state index contributed by atoms with van der Waals surface area (Å²) in [6.45, 7) is 5.60. The highest BCUT2D eigenvalue weighted by molar-refractivity contribution is 8.02. The van der Waals surface area contributed by atoms with E-state index in [0.29, 0.717) is 17.1 Å². The summed E-state index contributed by atoms with van der Waals surface area (Å²) >= 11 is 2.24. The molecule has 0 aliphatic carbocycles. The van der Waals surface area contributed by atoms with Gasteiger partial charge >= 0.3 is 5.97 Å². The molecule has 1 aromatic carbocycles. The van der Waals surface area contributed by atoms with Gasteiger partial charge in [-0.25, -0.2) is 9.78 Å². The van der Waals surface area contributed by atoms with Crippen molar-refractivity contribution in [3.8, 4) is 0 Å². The number of thioether (sulfide) groups is 1. The highest BCUT2D eigenvalue weighted by atomic mass is 32.2. The lowest BCUT2D eigenvalue weighted by Gasteiger charge is -2.38. The zero-order valence-corrected chi connectivity index (χ0v) is 17.0. The smallest absolute Gasteiger partial charge is 0.350 e. The van der Waals surface area contributed by atoms with Crippen LogP contribution in [0.2, 0.25) is 0 Å². The highest BCUT2D eigenvalue weighted by Crippen LogP contribution is 2.45. The maximum absolute atomic E-state index is 13.1. The minimum absolute atomic E-state index is 0.259. The Morgan fingerprint density at radius 1 is 1.33 bits per heavy atom. The topological polar surface area (TPSA) is 88.6 Å². The summed E-state index contributed by atoms with van der Waals surface area (Å²) in [5.74, 6) is -1.27. The lowest BCUT2D eigenvalue weighted by molar-refractivity contribution is -0.128. The number of hydrogen-bond donors (Lipinski definition) is 1. The lowest BCUT2D eigenvalue weighted by atomic mass is 10.1. The zero-order valence-electron chi connectivity index (χ0n) is 15.4. The van der Waals surface area contributed by atoms with Crippen LogP contribution < -0.4 is 10.2 Å². The van der Waals surface area contributed by atoms with E-state index in [4.69, 9.17) is 4.74 Å². The van der Waals surface area contributed by atoms with Crippen LogP contribution in [-0.4, -0.2) is 41.2 Å². The number of carbonyl (C=O) groups is 3. The Labute approximate surface area is 165 Å². The van der Waals surface area contributed by atoms with Crippen LogP contribution in [0.3, 0.4) is 0 Å². The molecule has 9 heteroatoms. The van der Waals surface area contributed by atoms with Gasteiger partial charge in [-0.1, -0.05) is 35.2 Å². The molecule has 0 saturated carbocycles. The Morgan fingerprint density at radius 3 is 2.70 bits per heavy atom. The van der Waals surface area contributed by atoms with Crippen molar-refractivity contribution in [2.75, 3.05) is 23.9 Å². The van der Waals surface area contributed by atoms with E-state index in [1.54, 1.807) is 18.7 Å². The molecule has 1 aromatic heterocycles. The number of thiazole rings is 1. The fourth-order valence-electron chi connectivity index (χ4n) is 2.80. The van der Waals surface area contributed by atoms with Gasteiger partial charge < -0.3 is 15.0 Å². The number of aromatic nitrogens is 1. The second-order valence-corrected chi connectivity index (χ2v) is 8.49. The van der Waals surface area contributed by atoms with Gasteiger partial charge in [0.25, 0.3) is 11.8 Å². The number of benzene rings is 1. The molecular weight excluding hydrogens is 386 g/mol. The number of para-hydroxylation sites is 1. The minimum Gasteiger partial charge on any atom is -0.465 e. The van der Waals surface area contributed by atoms with Crippen LogP contribution >= 0.6 is 23.1 Å². The fraction of sp³-hybridized carbons (Fsp3) is 0.333. The molecule has 7 nitrogen and oxygen atoms in total. The molecule has 2 heterocycles. The predicted molar refractivity (Wildman–Crippen MR) is 106 cm³/mol. The molecule has 1 aliphatic rings. The van der Waals surface area contributed by atoms with E-state index >= 15 is 0 Å². The normalized spacial score (nSPS) is 18.8. The number of methoxy groups -OCH3 is 1. The number of amides is 2. The van der Waals surface area contributed by atoms with Crippen molar-refractivity contribution >= 4 is 51.7 Å². The molecule has 0 radical (unpaired) electrons. The number of aryl methyl sites for hydroxylation is 1. The van der Waals surface area contributed by atoms with Crippen molar-refractivity contribution < 1.29 is 19.1 Å². The molecule has 1 N–H and O–H groups in total. The fourth-order valence-corrected chi connectivity index (χ4v) is 4.89. The molecule has 0 saturated heterocycles. The predicted octanol–water partition coefficient (Wildman–Crippen LogP) is 3.09. The zero-order chi connectivity index (χ0) is 19.8. The van der Waals surface area contributed by atoms with Gasteiger partial charge in [0.2, 0.25) is 0 Å². The van der Waals surface area contributed by atoms with E-state index < -0.39 is 16.6 Å². The molecule has 0 bridgehead atoms. The molecule has 3 rings (SSSR count). The number of rotatable bonds is 4. The summed E-state index contributed by atoms with van der Waals surface area (Å²) in [5.41, 5.74) is 1.27. The van der Waals surface area contributed by atoms with Crippen molar-refractivity contribution in [2.24, 2.45) is 0 Å². The average Bonchev–Trinajstić information content (AvgIpc) is 3.02. The largest absolute Gasteiger partial charge is 0.465 e. The third-order valence-corrected chi connectivity index (χ3v) is 6.65. The summed E-state index contributed by atoms with van der Waals surface area (Å²) in [6.07, 6.45) is 0. The first-order valence-electron chi connectivity index (χ1n) is 8.29. The monoisotopic (exact) mass is 405 g/mol. The molecule has 0 fully saturated rings. The summed E-state index contributed by atoms with van der Waals surface area (Å²) in [6, 6.07) is 7.50. The van der Waals surface area contributed by atoms with Crippen molar-refractivity contribution in [1.82, 2.24) is 4.98 Å². The van der Waals surface area contributed by atoms with Crippen LogP contribution in [-0.2, 0) is 14.3 Å². The van der Waals surface area contributed by atoms with Crippen molar-refractivity contribution in [3.63, 3.8) is 0 Å². The standard InChI is InChI=1S/C18H19N3O4S2/c1-5-21-11-8-6-7-9-12(11)27-18(3,16(21)24)15(23)20-17-19-10(2)13(26-17)14(22)25-4/h6-9H,5H2,1-4H3,(H,19,20,23). The maximum atomic E-state index is 13.1. The molecule has 27 heavy (non-hydrogen) atoms. The minimum atomic E-state index is -1.34. The Kier molecular flexibility index (Phi) is 5.25.